The van der Waals surface area contributed by atoms with Gasteiger partial charge in [0.25, 0.3) is 0 Å². The average Bonchev–Trinajstić information content (AvgIpc) is 2.36. The van der Waals surface area contributed by atoms with Gasteiger partial charge in [-0.2, -0.15) is 0 Å². The van der Waals surface area contributed by atoms with Crippen LogP contribution in [0.2, 0.25) is 0 Å². The van der Waals surface area contributed by atoms with Crippen molar-refractivity contribution in [3.8, 4) is 5.75 Å². The highest BCUT2D eigenvalue weighted by Crippen LogP contribution is 2.25. The zero-order chi connectivity index (χ0) is 14.7. The first kappa shape index (κ1) is 14.5. The summed E-state index contributed by atoms with van der Waals surface area (Å²) in [5, 5.41) is 0. The monoisotopic (exact) mass is 277 g/mol. The van der Waals surface area contributed by atoms with E-state index in [0.29, 0.717) is 12.1 Å². The molecule has 2 N–H and O–H groups in total. The van der Waals surface area contributed by atoms with Crippen molar-refractivity contribution in [2.75, 3.05) is 0 Å². The Hall–Kier alpha value is -1.94. The maximum Gasteiger partial charge on any atom is 0.126 e. The minimum atomic E-state index is -0.601. The van der Waals surface area contributed by atoms with E-state index in [1.807, 2.05) is 26.0 Å². The zero-order valence-corrected chi connectivity index (χ0v) is 11.5. The van der Waals surface area contributed by atoms with E-state index in [0.717, 1.165) is 28.5 Å². The molecule has 20 heavy (non-hydrogen) atoms. The van der Waals surface area contributed by atoms with E-state index in [4.69, 9.17) is 10.5 Å². The van der Waals surface area contributed by atoms with Crippen molar-refractivity contribution in [2.24, 2.45) is 5.73 Å². The van der Waals surface area contributed by atoms with Crippen LogP contribution in [-0.2, 0) is 13.2 Å². The summed E-state index contributed by atoms with van der Waals surface area (Å²) in [4.78, 5) is 0. The van der Waals surface area contributed by atoms with Gasteiger partial charge in [0.1, 0.15) is 24.0 Å². The first-order valence-corrected chi connectivity index (χ1v) is 6.37. The molecule has 0 aromatic heterocycles. The normalized spacial score (nSPS) is 10.7. The molecule has 106 valence electrons. The topological polar surface area (TPSA) is 35.2 Å². The third kappa shape index (κ3) is 3.33. The van der Waals surface area contributed by atoms with Crippen molar-refractivity contribution in [2.45, 2.75) is 27.0 Å². The fourth-order valence-electron chi connectivity index (χ4n) is 2.24. The number of ether oxygens (including phenoxy) is 1. The quantitative estimate of drug-likeness (QED) is 0.926. The minimum Gasteiger partial charge on any atom is -0.488 e. The van der Waals surface area contributed by atoms with Crippen molar-refractivity contribution in [3.05, 3.63) is 64.2 Å². The van der Waals surface area contributed by atoms with Crippen LogP contribution in [0.3, 0.4) is 0 Å². The van der Waals surface area contributed by atoms with Crippen LogP contribution in [0, 0.1) is 25.5 Å². The molecule has 2 nitrogen and oxygen atoms in total. The van der Waals surface area contributed by atoms with Gasteiger partial charge >= 0.3 is 0 Å². The van der Waals surface area contributed by atoms with Crippen LogP contribution in [-0.4, -0.2) is 0 Å². The van der Waals surface area contributed by atoms with Crippen molar-refractivity contribution < 1.29 is 13.5 Å². The summed E-state index contributed by atoms with van der Waals surface area (Å²) < 4.78 is 31.9. The summed E-state index contributed by atoms with van der Waals surface area (Å²) >= 11 is 0. The summed E-state index contributed by atoms with van der Waals surface area (Å²) in [6.45, 7) is 4.44. The lowest BCUT2D eigenvalue weighted by atomic mass is 10.1. The van der Waals surface area contributed by atoms with Crippen LogP contribution >= 0.6 is 0 Å². The predicted molar refractivity (Wildman–Crippen MR) is 74.5 cm³/mol. The second-order valence-electron chi connectivity index (χ2n) is 4.83. The molecular weight excluding hydrogens is 260 g/mol. The van der Waals surface area contributed by atoms with Crippen molar-refractivity contribution in [1.29, 1.82) is 0 Å². The van der Waals surface area contributed by atoms with E-state index in [1.165, 1.54) is 12.1 Å². The molecule has 0 amide bonds. The van der Waals surface area contributed by atoms with Crippen LogP contribution in [0.1, 0.15) is 22.3 Å². The van der Waals surface area contributed by atoms with Gasteiger partial charge in [-0.05, 0) is 48.2 Å². The molecule has 0 unspecified atom stereocenters. The fourth-order valence-corrected chi connectivity index (χ4v) is 2.24. The van der Waals surface area contributed by atoms with Crippen LogP contribution in [0.25, 0.3) is 0 Å². The molecule has 0 bridgehead atoms. The van der Waals surface area contributed by atoms with E-state index in [1.54, 1.807) is 0 Å². The van der Waals surface area contributed by atoms with Crippen LogP contribution in [0.4, 0.5) is 8.78 Å². The Morgan fingerprint density at radius 1 is 0.900 bits per heavy atom. The Morgan fingerprint density at radius 2 is 1.45 bits per heavy atom. The van der Waals surface area contributed by atoms with Crippen LogP contribution in [0.5, 0.6) is 5.75 Å². The Bertz CT molecular complexity index is 583. The largest absolute Gasteiger partial charge is 0.488 e. The van der Waals surface area contributed by atoms with Gasteiger partial charge in [0, 0.05) is 12.6 Å². The average molecular weight is 277 g/mol. The Balaban J connectivity index is 2.18. The molecule has 2 rings (SSSR count). The fraction of sp³-hybridized carbons (Fsp3) is 0.250. The summed E-state index contributed by atoms with van der Waals surface area (Å²) in [7, 11) is 0. The lowest BCUT2D eigenvalue weighted by Gasteiger charge is -2.14. The lowest BCUT2D eigenvalue weighted by Crippen LogP contribution is -2.03. The Morgan fingerprint density at radius 3 is 1.95 bits per heavy atom. The number of rotatable bonds is 4. The maximum atomic E-state index is 13.1. The molecule has 0 fully saturated rings. The third-order valence-electron chi connectivity index (χ3n) is 3.06. The number of nitrogens with two attached hydrogens (primary N) is 1. The molecular formula is C16H17F2NO. The molecule has 2 aromatic carbocycles. The summed E-state index contributed by atoms with van der Waals surface area (Å²) in [6.07, 6.45) is 0. The lowest BCUT2D eigenvalue weighted by molar-refractivity contribution is 0.300. The number of halogens is 2. The highest BCUT2D eigenvalue weighted by molar-refractivity contribution is 5.43. The summed E-state index contributed by atoms with van der Waals surface area (Å²) in [6, 6.07) is 7.28. The van der Waals surface area contributed by atoms with Gasteiger partial charge in [0.2, 0.25) is 0 Å². The maximum absolute atomic E-state index is 13.1. The van der Waals surface area contributed by atoms with E-state index < -0.39 is 11.6 Å². The molecule has 0 spiro atoms. The van der Waals surface area contributed by atoms with Gasteiger partial charge in [-0.3, -0.25) is 0 Å². The Kier molecular flexibility index (Phi) is 4.35. The van der Waals surface area contributed by atoms with Gasteiger partial charge in [-0.25, -0.2) is 8.78 Å². The summed E-state index contributed by atoms with van der Waals surface area (Å²) in [5.74, 6) is -0.474. The van der Waals surface area contributed by atoms with Crippen LogP contribution < -0.4 is 10.5 Å². The molecule has 0 saturated carbocycles. The SMILES string of the molecule is Cc1cc(CN)cc(C)c1OCc1cc(F)cc(F)c1. The predicted octanol–water partition coefficient (Wildman–Crippen LogP) is 3.62. The molecule has 0 aliphatic rings. The van der Waals surface area contributed by atoms with E-state index >= 15 is 0 Å². The highest BCUT2D eigenvalue weighted by Gasteiger charge is 2.07. The molecule has 0 aliphatic carbocycles. The number of hydrogen-bond acceptors (Lipinski definition) is 2. The number of aryl methyl sites for hydroxylation is 2. The standard InChI is InChI=1S/C16H17F2NO/c1-10-3-12(8-19)4-11(2)16(10)20-9-13-5-14(17)7-15(18)6-13/h3-7H,8-9,19H2,1-2H3. The molecule has 0 aliphatic heterocycles. The second kappa shape index (κ2) is 6.01. The van der Waals surface area contributed by atoms with Gasteiger partial charge in [-0.1, -0.05) is 12.1 Å². The van der Waals surface area contributed by atoms with Gasteiger partial charge in [-0.15, -0.1) is 0 Å². The van der Waals surface area contributed by atoms with E-state index in [2.05, 4.69) is 0 Å². The zero-order valence-electron chi connectivity index (χ0n) is 11.5. The summed E-state index contributed by atoms with van der Waals surface area (Å²) in [5.41, 5.74) is 9.03. The number of hydrogen-bond donors (Lipinski definition) is 1. The van der Waals surface area contributed by atoms with E-state index in [9.17, 15) is 8.78 Å². The molecule has 2 aromatic rings. The van der Waals surface area contributed by atoms with Gasteiger partial charge < -0.3 is 10.5 Å². The first-order chi connectivity index (χ1) is 9.49. The second-order valence-corrected chi connectivity index (χ2v) is 4.83. The molecule has 0 saturated heterocycles. The van der Waals surface area contributed by atoms with Crippen molar-refractivity contribution in [3.63, 3.8) is 0 Å². The van der Waals surface area contributed by atoms with Crippen molar-refractivity contribution in [1.82, 2.24) is 0 Å². The molecule has 0 atom stereocenters. The van der Waals surface area contributed by atoms with Crippen molar-refractivity contribution >= 4 is 0 Å². The molecule has 0 heterocycles. The third-order valence-corrected chi connectivity index (χ3v) is 3.06. The highest BCUT2D eigenvalue weighted by atomic mass is 19.1. The minimum absolute atomic E-state index is 0.123. The Labute approximate surface area is 117 Å². The van der Waals surface area contributed by atoms with Gasteiger partial charge in [0.05, 0.1) is 0 Å². The van der Waals surface area contributed by atoms with E-state index in [-0.39, 0.29) is 6.61 Å². The van der Waals surface area contributed by atoms with Crippen LogP contribution in [0.15, 0.2) is 30.3 Å². The molecule has 4 heteroatoms. The van der Waals surface area contributed by atoms with Gasteiger partial charge in [0.15, 0.2) is 0 Å². The molecule has 0 radical (unpaired) electrons. The first-order valence-electron chi connectivity index (χ1n) is 6.37. The number of benzene rings is 2. The smallest absolute Gasteiger partial charge is 0.126 e.